The van der Waals surface area contributed by atoms with Gasteiger partial charge in [-0.3, -0.25) is 14.5 Å². The van der Waals surface area contributed by atoms with Crippen LogP contribution in [0.5, 0.6) is 0 Å². The van der Waals surface area contributed by atoms with Crippen LogP contribution in [0.3, 0.4) is 0 Å². The number of likely N-dealkylation sites (tertiary alicyclic amines) is 1. The number of nitrogens with zero attached hydrogens (tertiary/aromatic N) is 3. The predicted molar refractivity (Wildman–Crippen MR) is 238 cm³/mol. The Bertz CT molecular complexity index is 1530. The van der Waals surface area contributed by atoms with E-state index in [0.717, 1.165) is 32.5 Å². The molecule has 9 atom stereocenters. The zero-order valence-corrected chi connectivity index (χ0v) is 40.7. The van der Waals surface area contributed by atoms with Crippen molar-refractivity contribution in [2.75, 3.05) is 67.1 Å². The number of ether oxygens (including phenoxy) is 5. The van der Waals surface area contributed by atoms with Gasteiger partial charge in [-0.05, 0) is 136 Å². The van der Waals surface area contributed by atoms with Crippen LogP contribution in [0.25, 0.3) is 0 Å². The van der Waals surface area contributed by atoms with Gasteiger partial charge in [0.15, 0.2) is 26.5 Å². The van der Waals surface area contributed by atoms with E-state index in [2.05, 4.69) is 50.6 Å². The van der Waals surface area contributed by atoms with E-state index < -0.39 is 55.7 Å². The number of methoxy groups -OCH3 is 1. The number of ketones is 1. The maximum atomic E-state index is 14.8. The monoisotopic (exact) mass is 860 g/mol. The van der Waals surface area contributed by atoms with E-state index in [1.165, 1.54) is 12.8 Å². The van der Waals surface area contributed by atoms with Crippen LogP contribution in [0.1, 0.15) is 111 Å². The van der Waals surface area contributed by atoms with Crippen molar-refractivity contribution < 1.29 is 42.5 Å². The summed E-state index contributed by atoms with van der Waals surface area (Å²) in [5.41, 5.74) is -2.09. The molecular weight excluding hydrogens is 779 g/mol. The number of benzene rings is 1. The summed E-state index contributed by atoms with van der Waals surface area (Å²) in [6.07, 6.45) is 2.44. The zero-order valence-electron chi connectivity index (χ0n) is 39.7. The molecule has 0 unspecified atom stereocenters. The number of carbonyl (C=O) groups is 3. The standard InChI is InChI=1S/C47H81N3O9Si/c1-33-30-47(9,54-12)41(59-43-39(38(48(10)11)29-34(2)57-43)58-42(52)36-21-16-15-17-22-36)35(3)40(51)46(7,8)44(53)55-32-37(23-20-26-49-24-18-19-25-49)50(31-33)27-28-56-60(13,14)45(4,5)6/h15-17,21-22,33-35,37-39,41,43H,18-20,23-32H2,1-14H3/t33-,34-,35+,37-,38-,39-,41-,43-,47-/m1/s1. The highest BCUT2D eigenvalue weighted by Crippen LogP contribution is 2.40. The summed E-state index contributed by atoms with van der Waals surface area (Å²) >= 11 is 0. The van der Waals surface area contributed by atoms with Crippen LogP contribution in [0.2, 0.25) is 18.1 Å². The minimum absolute atomic E-state index is 0.0629. The Hall–Kier alpha value is -2.23. The summed E-state index contributed by atoms with van der Waals surface area (Å²) in [5, 5.41) is 0.0699. The SMILES string of the molecule is CO[C@]1(C)C[C@@H](C)CN(CCO[Si](C)(C)C(C)(C)C)[C@H](CCCN2CCCC2)COC(=O)C(C)(C)C(=O)[C@H](C)[C@H]1O[C@H]1O[C@H](C)C[C@@H](N(C)C)[C@H]1OC(=O)c1ccccc1. The van der Waals surface area contributed by atoms with Gasteiger partial charge in [0.2, 0.25) is 0 Å². The molecule has 342 valence electrons. The Morgan fingerprint density at radius 3 is 2.25 bits per heavy atom. The molecular formula is C47H81N3O9Si. The number of carbonyl (C=O) groups excluding carboxylic acids is 3. The molecule has 0 bridgehead atoms. The molecule has 3 fully saturated rings. The van der Waals surface area contributed by atoms with Crippen LogP contribution in [-0.2, 0) is 37.7 Å². The molecule has 0 radical (unpaired) electrons. The molecule has 0 aromatic heterocycles. The minimum atomic E-state index is -2.03. The summed E-state index contributed by atoms with van der Waals surface area (Å²) in [5.74, 6) is -2.13. The quantitative estimate of drug-likeness (QED) is 0.105. The van der Waals surface area contributed by atoms with E-state index in [9.17, 15) is 14.4 Å². The average molecular weight is 860 g/mol. The fourth-order valence-electron chi connectivity index (χ4n) is 9.08. The molecule has 3 aliphatic rings. The lowest BCUT2D eigenvalue weighted by atomic mass is 9.74. The van der Waals surface area contributed by atoms with Gasteiger partial charge in [0, 0.05) is 38.8 Å². The number of Topliss-reactive ketones (excluding diaryl/α,β-unsaturated/α-hetero) is 1. The molecule has 3 saturated heterocycles. The van der Waals surface area contributed by atoms with Crippen molar-refractivity contribution in [3.8, 4) is 0 Å². The smallest absolute Gasteiger partial charge is 0.338 e. The largest absolute Gasteiger partial charge is 0.463 e. The topological polar surface area (TPSA) is 116 Å². The van der Waals surface area contributed by atoms with Gasteiger partial charge in [-0.25, -0.2) is 4.79 Å². The van der Waals surface area contributed by atoms with Crippen molar-refractivity contribution in [1.82, 2.24) is 14.7 Å². The van der Waals surface area contributed by atoms with Crippen molar-refractivity contribution in [2.45, 2.75) is 161 Å². The Kier molecular flexibility index (Phi) is 18.0. The molecule has 3 aliphatic heterocycles. The summed E-state index contributed by atoms with van der Waals surface area (Å²) in [7, 11) is 3.53. The lowest BCUT2D eigenvalue weighted by molar-refractivity contribution is -0.295. The second-order valence-corrected chi connectivity index (χ2v) is 25.3. The van der Waals surface area contributed by atoms with Gasteiger partial charge in [-0.1, -0.05) is 52.8 Å². The van der Waals surface area contributed by atoms with E-state index in [1.54, 1.807) is 52.1 Å². The zero-order chi connectivity index (χ0) is 44.6. The summed E-state index contributed by atoms with van der Waals surface area (Å²) < 4.78 is 39.3. The molecule has 60 heavy (non-hydrogen) atoms. The first-order valence-electron chi connectivity index (χ1n) is 22.6. The molecule has 4 rings (SSSR count). The average Bonchev–Trinajstić information content (AvgIpc) is 3.70. The molecule has 0 aliphatic carbocycles. The first kappa shape index (κ1) is 50.4. The maximum Gasteiger partial charge on any atom is 0.338 e. The van der Waals surface area contributed by atoms with Gasteiger partial charge in [0.1, 0.15) is 12.0 Å². The molecule has 0 saturated carbocycles. The van der Waals surface area contributed by atoms with Crippen molar-refractivity contribution >= 4 is 26.0 Å². The highest BCUT2D eigenvalue weighted by Gasteiger charge is 2.52. The molecule has 3 heterocycles. The second kappa shape index (κ2) is 21.4. The summed E-state index contributed by atoms with van der Waals surface area (Å²) in [4.78, 5) is 49.6. The normalized spacial score (nSPS) is 31.9. The maximum absolute atomic E-state index is 14.8. The molecule has 0 amide bonds. The van der Waals surface area contributed by atoms with Gasteiger partial charge in [0.25, 0.3) is 0 Å². The lowest BCUT2D eigenvalue weighted by Crippen LogP contribution is -2.60. The highest BCUT2D eigenvalue weighted by atomic mass is 28.4. The number of hydrogen-bond donors (Lipinski definition) is 0. The second-order valence-electron chi connectivity index (χ2n) is 20.5. The number of rotatable bonds is 14. The van der Waals surface area contributed by atoms with Crippen LogP contribution in [0, 0.1) is 17.3 Å². The van der Waals surface area contributed by atoms with Gasteiger partial charge >= 0.3 is 11.9 Å². The summed E-state index contributed by atoms with van der Waals surface area (Å²) in [6.45, 7) is 28.0. The third-order valence-electron chi connectivity index (χ3n) is 13.9. The molecule has 12 nitrogen and oxygen atoms in total. The third kappa shape index (κ3) is 12.9. The Labute approximate surface area is 363 Å². The van der Waals surface area contributed by atoms with Gasteiger partial charge in [-0.15, -0.1) is 0 Å². The van der Waals surface area contributed by atoms with Crippen LogP contribution in [0.15, 0.2) is 30.3 Å². The van der Waals surface area contributed by atoms with E-state index in [-0.39, 0.29) is 41.5 Å². The fraction of sp³-hybridized carbons (Fsp3) is 0.809. The molecule has 0 spiro atoms. The Morgan fingerprint density at radius 1 is 1.00 bits per heavy atom. The lowest BCUT2D eigenvalue weighted by Gasteiger charge is -2.48. The number of hydrogen-bond acceptors (Lipinski definition) is 12. The number of esters is 2. The van der Waals surface area contributed by atoms with Gasteiger partial charge < -0.3 is 37.9 Å². The van der Waals surface area contributed by atoms with Crippen molar-refractivity contribution in [1.29, 1.82) is 0 Å². The fourth-order valence-corrected chi connectivity index (χ4v) is 10.1. The predicted octanol–water partition coefficient (Wildman–Crippen LogP) is 7.45. The van der Waals surface area contributed by atoms with Crippen LogP contribution < -0.4 is 0 Å². The van der Waals surface area contributed by atoms with E-state index >= 15 is 0 Å². The Morgan fingerprint density at radius 2 is 1.65 bits per heavy atom. The molecule has 13 heteroatoms. The van der Waals surface area contributed by atoms with Gasteiger partial charge in [0.05, 0.1) is 29.4 Å². The van der Waals surface area contributed by atoms with Gasteiger partial charge in [-0.2, -0.15) is 0 Å². The van der Waals surface area contributed by atoms with Crippen LogP contribution in [-0.4, -0.2) is 150 Å². The molecule has 0 N–H and O–H groups in total. The number of likely N-dealkylation sites (N-methyl/N-ethyl adjacent to an activating group) is 1. The molecule has 1 aromatic carbocycles. The highest BCUT2D eigenvalue weighted by molar-refractivity contribution is 6.74. The summed E-state index contributed by atoms with van der Waals surface area (Å²) in [6, 6.07) is 8.58. The van der Waals surface area contributed by atoms with E-state index in [4.69, 9.17) is 28.1 Å². The first-order valence-corrected chi connectivity index (χ1v) is 25.5. The molecule has 1 aromatic rings. The Balaban J connectivity index is 1.72. The minimum Gasteiger partial charge on any atom is -0.463 e. The van der Waals surface area contributed by atoms with Crippen molar-refractivity contribution in [3.05, 3.63) is 35.9 Å². The van der Waals surface area contributed by atoms with Crippen LogP contribution >= 0.6 is 0 Å². The number of cyclic esters (lactones) is 1. The first-order chi connectivity index (χ1) is 28.0. The van der Waals surface area contributed by atoms with Crippen molar-refractivity contribution in [3.63, 3.8) is 0 Å². The third-order valence-corrected chi connectivity index (χ3v) is 18.5. The van der Waals surface area contributed by atoms with Crippen LogP contribution in [0.4, 0.5) is 0 Å². The van der Waals surface area contributed by atoms with Crippen molar-refractivity contribution in [2.24, 2.45) is 17.3 Å². The van der Waals surface area contributed by atoms with E-state index in [1.807, 2.05) is 38.9 Å². The van der Waals surface area contributed by atoms with E-state index in [0.29, 0.717) is 38.1 Å².